The minimum Gasteiger partial charge on any atom is -0.493 e. The van der Waals surface area contributed by atoms with Crippen LogP contribution in [0.2, 0.25) is 0 Å². The van der Waals surface area contributed by atoms with Crippen molar-refractivity contribution in [3.05, 3.63) is 64.9 Å². The Labute approximate surface area is 140 Å². The average Bonchev–Trinajstić information content (AvgIpc) is 2.97. The summed E-state index contributed by atoms with van der Waals surface area (Å²) in [6.07, 6.45) is 1.70. The Morgan fingerprint density at radius 2 is 1.71 bits per heavy atom. The Bertz CT molecular complexity index is 835. The largest absolute Gasteiger partial charge is 0.493 e. The molecule has 0 amide bonds. The van der Waals surface area contributed by atoms with Crippen molar-refractivity contribution in [2.24, 2.45) is 4.99 Å². The first-order chi connectivity index (χ1) is 11.6. The number of aliphatic imine (C=N–C) groups is 1. The predicted octanol–water partition coefficient (Wildman–Crippen LogP) is 3.36. The van der Waals surface area contributed by atoms with Crippen molar-refractivity contribution in [1.82, 2.24) is 0 Å². The fourth-order valence-electron chi connectivity index (χ4n) is 2.32. The second-order valence-electron chi connectivity index (χ2n) is 5.32. The molecule has 1 aliphatic heterocycles. The number of nitrogens with zero attached hydrogens (tertiary/aromatic N) is 1. The van der Waals surface area contributed by atoms with E-state index in [-0.39, 0.29) is 11.6 Å². The molecule has 24 heavy (non-hydrogen) atoms. The Balaban J connectivity index is 1.93. The molecule has 5 nitrogen and oxygen atoms in total. The lowest BCUT2D eigenvalue weighted by Gasteiger charge is -2.08. The van der Waals surface area contributed by atoms with Gasteiger partial charge in [0.1, 0.15) is 0 Å². The molecule has 0 N–H and O–H groups in total. The minimum absolute atomic E-state index is 0.249. The van der Waals surface area contributed by atoms with Crippen molar-refractivity contribution >= 4 is 17.9 Å². The van der Waals surface area contributed by atoms with Crippen LogP contribution in [0.3, 0.4) is 0 Å². The zero-order valence-corrected chi connectivity index (χ0v) is 13.7. The fraction of sp³-hybridized carbons (Fsp3) is 0.158. The van der Waals surface area contributed by atoms with Gasteiger partial charge in [-0.15, -0.1) is 0 Å². The van der Waals surface area contributed by atoms with E-state index in [0.717, 1.165) is 11.1 Å². The molecule has 0 aromatic heterocycles. The van der Waals surface area contributed by atoms with Gasteiger partial charge in [0.25, 0.3) is 0 Å². The van der Waals surface area contributed by atoms with E-state index in [1.807, 2.05) is 31.2 Å². The lowest BCUT2D eigenvalue weighted by Crippen LogP contribution is -2.05. The van der Waals surface area contributed by atoms with Gasteiger partial charge in [-0.3, -0.25) is 0 Å². The summed E-state index contributed by atoms with van der Waals surface area (Å²) in [5, 5.41) is 0. The van der Waals surface area contributed by atoms with Gasteiger partial charge in [-0.1, -0.05) is 29.8 Å². The van der Waals surface area contributed by atoms with Crippen molar-refractivity contribution < 1.29 is 19.0 Å². The molecular formula is C19H17NO4. The summed E-state index contributed by atoms with van der Waals surface area (Å²) in [6, 6.07) is 13.0. The second-order valence-corrected chi connectivity index (χ2v) is 5.32. The van der Waals surface area contributed by atoms with Crippen molar-refractivity contribution in [1.29, 1.82) is 0 Å². The number of aryl methyl sites for hydroxylation is 1. The summed E-state index contributed by atoms with van der Waals surface area (Å²) in [5.74, 6) is 0.922. The van der Waals surface area contributed by atoms with Crippen molar-refractivity contribution in [3.8, 4) is 11.5 Å². The lowest BCUT2D eigenvalue weighted by molar-refractivity contribution is -0.129. The van der Waals surface area contributed by atoms with E-state index in [9.17, 15) is 4.79 Å². The number of benzene rings is 2. The molecule has 0 saturated carbocycles. The van der Waals surface area contributed by atoms with Crippen molar-refractivity contribution in [3.63, 3.8) is 0 Å². The molecule has 2 aromatic carbocycles. The van der Waals surface area contributed by atoms with E-state index >= 15 is 0 Å². The highest BCUT2D eigenvalue weighted by Gasteiger charge is 2.24. The normalized spacial score (nSPS) is 15.2. The molecule has 5 heteroatoms. The van der Waals surface area contributed by atoms with E-state index in [1.165, 1.54) is 0 Å². The van der Waals surface area contributed by atoms with Gasteiger partial charge >= 0.3 is 5.97 Å². The van der Waals surface area contributed by atoms with Gasteiger partial charge in [0, 0.05) is 5.56 Å². The fourth-order valence-corrected chi connectivity index (χ4v) is 2.32. The summed E-state index contributed by atoms with van der Waals surface area (Å²) in [5.41, 5.74) is 2.96. The molecule has 1 heterocycles. The lowest BCUT2D eigenvalue weighted by atomic mass is 10.1. The van der Waals surface area contributed by atoms with E-state index in [2.05, 4.69) is 4.99 Å². The SMILES string of the molecule is COc1ccc(C2=N/C(=C\c3ccc(C)cc3)C(=O)O2)cc1OC. The molecule has 0 bridgehead atoms. The maximum Gasteiger partial charge on any atom is 0.363 e. The molecule has 122 valence electrons. The first kappa shape index (κ1) is 15.8. The molecule has 0 spiro atoms. The van der Waals surface area contributed by atoms with Crippen LogP contribution in [-0.4, -0.2) is 26.1 Å². The number of esters is 1. The average molecular weight is 323 g/mol. The Morgan fingerprint density at radius 1 is 1.00 bits per heavy atom. The highest BCUT2D eigenvalue weighted by Crippen LogP contribution is 2.29. The first-order valence-corrected chi connectivity index (χ1v) is 7.42. The topological polar surface area (TPSA) is 57.1 Å². The van der Waals surface area contributed by atoms with Gasteiger partial charge in [0.15, 0.2) is 17.2 Å². The molecule has 3 rings (SSSR count). The van der Waals surface area contributed by atoms with E-state index in [0.29, 0.717) is 17.1 Å². The summed E-state index contributed by atoms with van der Waals surface area (Å²) >= 11 is 0. The van der Waals surface area contributed by atoms with Crippen LogP contribution < -0.4 is 9.47 Å². The number of cyclic esters (lactones) is 1. The highest BCUT2D eigenvalue weighted by molar-refractivity contribution is 6.13. The van der Waals surface area contributed by atoms with Gasteiger partial charge < -0.3 is 14.2 Å². The monoisotopic (exact) mass is 323 g/mol. The van der Waals surface area contributed by atoms with Crippen LogP contribution in [-0.2, 0) is 9.53 Å². The number of methoxy groups -OCH3 is 2. The molecule has 0 radical (unpaired) electrons. The number of carbonyl (C=O) groups excluding carboxylic acids is 1. The zero-order chi connectivity index (χ0) is 17.1. The number of ether oxygens (including phenoxy) is 3. The maximum atomic E-state index is 12.0. The smallest absolute Gasteiger partial charge is 0.363 e. The molecule has 0 unspecified atom stereocenters. The third kappa shape index (κ3) is 3.15. The summed E-state index contributed by atoms with van der Waals surface area (Å²) in [7, 11) is 3.11. The Morgan fingerprint density at radius 3 is 2.38 bits per heavy atom. The standard InChI is InChI=1S/C19H17NO4/c1-12-4-6-13(7-5-12)10-15-19(21)24-18(20-15)14-8-9-16(22-2)17(11-14)23-3/h4-11H,1-3H3/b15-10-. The number of carbonyl (C=O) groups is 1. The van der Waals surface area contributed by atoms with Crippen molar-refractivity contribution in [2.75, 3.05) is 14.2 Å². The number of hydrogen-bond donors (Lipinski definition) is 0. The highest BCUT2D eigenvalue weighted by atomic mass is 16.6. The summed E-state index contributed by atoms with van der Waals surface area (Å²) in [6.45, 7) is 2.01. The van der Waals surface area contributed by atoms with Crippen LogP contribution in [0.1, 0.15) is 16.7 Å². The minimum atomic E-state index is -0.472. The van der Waals surface area contributed by atoms with E-state index < -0.39 is 5.97 Å². The van der Waals surface area contributed by atoms with E-state index in [1.54, 1.807) is 38.5 Å². The Hall–Kier alpha value is -3.08. The second kappa shape index (κ2) is 6.58. The summed E-state index contributed by atoms with van der Waals surface area (Å²) in [4.78, 5) is 16.3. The van der Waals surface area contributed by atoms with Gasteiger partial charge in [-0.25, -0.2) is 9.79 Å². The quantitative estimate of drug-likeness (QED) is 0.639. The number of hydrogen-bond acceptors (Lipinski definition) is 5. The van der Waals surface area contributed by atoms with E-state index in [4.69, 9.17) is 14.2 Å². The Kier molecular flexibility index (Phi) is 4.33. The van der Waals surface area contributed by atoms with Crippen LogP contribution >= 0.6 is 0 Å². The van der Waals surface area contributed by atoms with Crippen LogP contribution in [0, 0.1) is 6.92 Å². The van der Waals surface area contributed by atoms with Gasteiger partial charge in [-0.2, -0.15) is 0 Å². The van der Waals surface area contributed by atoms with Crippen LogP contribution in [0.15, 0.2) is 53.2 Å². The molecule has 0 fully saturated rings. The third-order valence-electron chi connectivity index (χ3n) is 3.63. The van der Waals surface area contributed by atoms with Gasteiger partial charge in [0.05, 0.1) is 14.2 Å². The molecule has 0 aliphatic carbocycles. The first-order valence-electron chi connectivity index (χ1n) is 7.42. The van der Waals surface area contributed by atoms with Crippen LogP contribution in [0.25, 0.3) is 6.08 Å². The molecule has 0 atom stereocenters. The van der Waals surface area contributed by atoms with Gasteiger partial charge in [0.2, 0.25) is 5.90 Å². The predicted molar refractivity (Wildman–Crippen MR) is 91.3 cm³/mol. The maximum absolute atomic E-state index is 12.0. The van der Waals surface area contributed by atoms with Gasteiger partial charge in [-0.05, 0) is 36.8 Å². The van der Waals surface area contributed by atoms with Crippen molar-refractivity contribution in [2.45, 2.75) is 6.92 Å². The number of rotatable bonds is 4. The molecular weight excluding hydrogens is 306 g/mol. The third-order valence-corrected chi connectivity index (χ3v) is 3.63. The molecule has 0 saturated heterocycles. The zero-order valence-electron chi connectivity index (χ0n) is 13.7. The summed E-state index contributed by atoms with van der Waals surface area (Å²) < 4.78 is 15.7. The van der Waals surface area contributed by atoms with Crippen LogP contribution in [0.4, 0.5) is 0 Å². The molecule has 2 aromatic rings. The van der Waals surface area contributed by atoms with Crippen LogP contribution in [0.5, 0.6) is 11.5 Å². The molecule has 1 aliphatic rings.